The summed E-state index contributed by atoms with van der Waals surface area (Å²) in [6.45, 7) is 0. The van der Waals surface area contributed by atoms with E-state index in [0.29, 0.717) is 0 Å². The van der Waals surface area contributed by atoms with Gasteiger partial charge in [0, 0.05) is 5.02 Å². The van der Waals surface area contributed by atoms with E-state index < -0.39 is 0 Å². The summed E-state index contributed by atoms with van der Waals surface area (Å²) < 4.78 is 1.18. The second-order valence-corrected chi connectivity index (χ2v) is 5.61. The van der Waals surface area contributed by atoms with Crippen LogP contribution >= 0.6 is 22.9 Å². The van der Waals surface area contributed by atoms with Gasteiger partial charge < -0.3 is 0 Å². The van der Waals surface area contributed by atoms with Crippen LogP contribution in [0.3, 0.4) is 0 Å². The van der Waals surface area contributed by atoms with E-state index in [0.717, 1.165) is 10.5 Å². The molecule has 90 valence electrons. The van der Waals surface area contributed by atoms with Gasteiger partial charge >= 0.3 is 0 Å². The molecule has 3 heteroatoms. The summed E-state index contributed by atoms with van der Waals surface area (Å²) in [5, 5.41) is 0.749. The molecule has 0 unspecified atom stereocenters. The molecule has 1 aliphatic rings. The maximum atomic E-state index is 5.74. The molecule has 3 aromatic rings. The van der Waals surface area contributed by atoms with Gasteiger partial charge in [0.25, 0.3) is 0 Å². The van der Waals surface area contributed by atoms with Gasteiger partial charge in [-0.1, -0.05) is 35.9 Å². The average molecular weight is 274 g/mol. The second kappa shape index (κ2) is 5.09. The van der Waals surface area contributed by atoms with Gasteiger partial charge in [-0.25, -0.2) is 4.98 Å². The summed E-state index contributed by atoms with van der Waals surface area (Å²) in [6.07, 6.45) is 2.53. The van der Waals surface area contributed by atoms with E-state index in [4.69, 9.17) is 11.6 Å². The van der Waals surface area contributed by atoms with E-state index in [2.05, 4.69) is 29.2 Å². The van der Waals surface area contributed by atoms with Crippen molar-refractivity contribution in [2.24, 2.45) is 0 Å². The molecule has 1 heterocycles. The van der Waals surface area contributed by atoms with Gasteiger partial charge in [0.05, 0.1) is 15.7 Å². The fourth-order valence-corrected chi connectivity index (χ4v) is 2.89. The van der Waals surface area contributed by atoms with Crippen LogP contribution < -0.4 is 0 Å². The van der Waals surface area contributed by atoms with E-state index >= 15 is 0 Å². The molecule has 0 saturated heterocycles. The number of hydrogen-bond acceptors (Lipinski definition) is 2. The smallest absolute Gasteiger partial charge is 0.0826 e. The SMILES string of the molecule is Clc1ccc2scnc2c1.c1cc2cc(c1)CC2. The first-order valence-corrected chi connectivity index (χ1v) is 7.13. The van der Waals surface area contributed by atoms with Crippen molar-refractivity contribution in [2.75, 3.05) is 0 Å². The minimum absolute atomic E-state index is 0.749. The van der Waals surface area contributed by atoms with E-state index in [1.165, 1.54) is 28.7 Å². The molecule has 1 nitrogen and oxygen atoms in total. The minimum Gasteiger partial charge on any atom is -0.245 e. The van der Waals surface area contributed by atoms with Crippen molar-refractivity contribution in [3.05, 3.63) is 64.1 Å². The molecule has 0 spiro atoms. The van der Waals surface area contributed by atoms with Crippen LogP contribution in [0.25, 0.3) is 10.2 Å². The summed E-state index contributed by atoms with van der Waals surface area (Å²) in [4.78, 5) is 4.11. The summed E-state index contributed by atoms with van der Waals surface area (Å²) in [7, 11) is 0. The van der Waals surface area contributed by atoms with Crippen molar-refractivity contribution in [1.29, 1.82) is 0 Å². The number of nitrogens with zero attached hydrogens (tertiary/aromatic N) is 1. The first-order valence-electron chi connectivity index (χ1n) is 5.88. The number of rotatable bonds is 0. The number of thiazole rings is 1. The van der Waals surface area contributed by atoms with E-state index in [-0.39, 0.29) is 0 Å². The summed E-state index contributed by atoms with van der Waals surface area (Å²) in [5.41, 5.74) is 5.81. The molecule has 1 aliphatic carbocycles. The van der Waals surface area contributed by atoms with Crippen LogP contribution in [0.15, 0.2) is 48.0 Å². The predicted octanol–water partition coefficient (Wildman–Crippen LogP) is 4.73. The lowest BCUT2D eigenvalue weighted by Crippen LogP contribution is -1.72. The molecular formula is C15H12ClNS. The highest BCUT2D eigenvalue weighted by molar-refractivity contribution is 7.16. The highest BCUT2D eigenvalue weighted by atomic mass is 35.5. The lowest BCUT2D eigenvalue weighted by molar-refractivity contribution is 1.03. The topological polar surface area (TPSA) is 12.9 Å². The Labute approximate surface area is 115 Å². The molecule has 0 saturated carbocycles. The normalized spacial score (nSPS) is 12.3. The predicted molar refractivity (Wildman–Crippen MR) is 78.5 cm³/mol. The zero-order valence-electron chi connectivity index (χ0n) is 9.77. The van der Waals surface area contributed by atoms with E-state index in [1.54, 1.807) is 11.3 Å². The third kappa shape index (κ3) is 2.55. The zero-order valence-corrected chi connectivity index (χ0v) is 11.3. The molecule has 0 aliphatic heterocycles. The first-order chi connectivity index (χ1) is 8.81. The van der Waals surface area contributed by atoms with Gasteiger partial charge in [0.1, 0.15) is 0 Å². The van der Waals surface area contributed by atoms with Crippen molar-refractivity contribution in [2.45, 2.75) is 12.8 Å². The van der Waals surface area contributed by atoms with Gasteiger partial charge in [0.2, 0.25) is 0 Å². The molecule has 4 rings (SSSR count). The maximum absolute atomic E-state index is 5.74. The third-order valence-corrected chi connectivity index (χ3v) is 4.03. The van der Waals surface area contributed by atoms with Crippen LogP contribution in [-0.2, 0) is 12.8 Å². The molecule has 2 aromatic carbocycles. The lowest BCUT2D eigenvalue weighted by atomic mass is 10.2. The fraction of sp³-hybridized carbons (Fsp3) is 0.133. The number of aryl methyl sites for hydroxylation is 2. The highest BCUT2D eigenvalue weighted by Gasteiger charge is 2.02. The van der Waals surface area contributed by atoms with Crippen LogP contribution in [-0.4, -0.2) is 4.98 Å². The largest absolute Gasteiger partial charge is 0.245 e. The third-order valence-electron chi connectivity index (χ3n) is 2.99. The van der Waals surface area contributed by atoms with Crippen LogP contribution in [0.1, 0.15) is 11.1 Å². The Morgan fingerprint density at radius 1 is 1.00 bits per heavy atom. The first kappa shape index (κ1) is 11.7. The quantitative estimate of drug-likeness (QED) is 0.577. The van der Waals surface area contributed by atoms with Crippen molar-refractivity contribution < 1.29 is 0 Å². The molecule has 0 atom stereocenters. The molecule has 18 heavy (non-hydrogen) atoms. The number of benzene rings is 2. The number of aromatic nitrogens is 1. The van der Waals surface area contributed by atoms with E-state index in [1.807, 2.05) is 23.7 Å². The highest BCUT2D eigenvalue weighted by Crippen LogP contribution is 2.20. The Morgan fingerprint density at radius 2 is 1.78 bits per heavy atom. The number of fused-ring (bicyclic) bond motifs is 3. The second-order valence-electron chi connectivity index (χ2n) is 4.28. The number of halogens is 1. The standard InChI is InChI=1S/C8H8.C7H4ClNS/c1-2-7-4-5-8(3-1)6-7;8-5-1-2-7-6(3-5)9-4-10-7/h1-3,6H,4-5H2;1-4H. The fourth-order valence-electron chi connectivity index (χ4n) is 2.06. The average Bonchev–Trinajstić information content (AvgIpc) is 2.96. The zero-order chi connectivity index (χ0) is 12.4. The lowest BCUT2D eigenvalue weighted by Gasteiger charge is -1.86. The Morgan fingerprint density at radius 3 is 2.50 bits per heavy atom. The van der Waals surface area contributed by atoms with Crippen molar-refractivity contribution in [1.82, 2.24) is 4.98 Å². The van der Waals surface area contributed by atoms with Gasteiger partial charge in [0.15, 0.2) is 0 Å². The molecule has 2 bridgehead atoms. The van der Waals surface area contributed by atoms with Gasteiger partial charge in [-0.15, -0.1) is 11.3 Å². The maximum Gasteiger partial charge on any atom is 0.0826 e. The van der Waals surface area contributed by atoms with Crippen molar-refractivity contribution >= 4 is 33.2 Å². The summed E-state index contributed by atoms with van der Waals surface area (Å²) >= 11 is 7.37. The summed E-state index contributed by atoms with van der Waals surface area (Å²) in [6, 6.07) is 14.5. The van der Waals surface area contributed by atoms with Crippen molar-refractivity contribution in [3.8, 4) is 0 Å². The molecular weight excluding hydrogens is 262 g/mol. The Balaban J connectivity index is 0.000000114. The number of hydrogen-bond donors (Lipinski definition) is 0. The Kier molecular flexibility index (Phi) is 3.31. The van der Waals surface area contributed by atoms with Gasteiger partial charge in [-0.05, 0) is 42.2 Å². The molecule has 0 N–H and O–H groups in total. The Bertz CT molecular complexity index is 656. The van der Waals surface area contributed by atoms with Crippen LogP contribution in [0.2, 0.25) is 5.02 Å². The molecule has 0 fully saturated rings. The van der Waals surface area contributed by atoms with E-state index in [9.17, 15) is 0 Å². The monoisotopic (exact) mass is 273 g/mol. The minimum atomic E-state index is 0.749. The molecule has 0 amide bonds. The molecule has 1 aromatic heterocycles. The van der Waals surface area contributed by atoms with Crippen molar-refractivity contribution in [3.63, 3.8) is 0 Å². The van der Waals surface area contributed by atoms with Crippen LogP contribution in [0, 0.1) is 0 Å². The Hall–Kier alpha value is -1.38. The van der Waals surface area contributed by atoms with Gasteiger partial charge in [-0.3, -0.25) is 0 Å². The van der Waals surface area contributed by atoms with Crippen LogP contribution in [0.4, 0.5) is 0 Å². The summed E-state index contributed by atoms with van der Waals surface area (Å²) in [5.74, 6) is 0. The van der Waals surface area contributed by atoms with Crippen LogP contribution in [0.5, 0.6) is 0 Å². The molecule has 0 radical (unpaired) electrons. The van der Waals surface area contributed by atoms with Gasteiger partial charge in [-0.2, -0.15) is 0 Å².